The van der Waals surface area contributed by atoms with Gasteiger partial charge in [0.05, 0.1) is 0 Å². The molecule has 0 spiro atoms. The quantitative estimate of drug-likeness (QED) is 0.892. The lowest BCUT2D eigenvalue weighted by molar-refractivity contribution is -0.118. The average Bonchev–Trinajstić information content (AvgIpc) is 2.35. The third-order valence-electron chi connectivity index (χ3n) is 2.91. The van der Waals surface area contributed by atoms with Crippen molar-refractivity contribution in [3.8, 4) is 0 Å². The van der Waals surface area contributed by atoms with Crippen LogP contribution in [0.1, 0.15) is 31.7 Å². The van der Waals surface area contributed by atoms with Gasteiger partial charge < -0.3 is 10.2 Å². The van der Waals surface area contributed by atoms with Gasteiger partial charge in [-0.2, -0.15) is 0 Å². The van der Waals surface area contributed by atoms with E-state index in [0.29, 0.717) is 18.9 Å². The van der Waals surface area contributed by atoms with E-state index in [9.17, 15) is 4.79 Å². The van der Waals surface area contributed by atoms with Crippen LogP contribution in [0.4, 0.5) is 5.69 Å². The number of benzene rings is 1. The fourth-order valence-corrected chi connectivity index (χ4v) is 1.63. The van der Waals surface area contributed by atoms with Crippen molar-refractivity contribution < 1.29 is 4.79 Å². The molecule has 0 saturated heterocycles. The van der Waals surface area contributed by atoms with Crippen molar-refractivity contribution in [2.24, 2.45) is 0 Å². The SMILES string of the molecule is CNCCC(=O)N(C)c1ccc(C(C)C)cc1.Cl. The molecule has 18 heavy (non-hydrogen) atoms. The summed E-state index contributed by atoms with van der Waals surface area (Å²) in [5, 5.41) is 2.98. The second kappa shape index (κ2) is 8.11. The fraction of sp³-hybridized carbons (Fsp3) is 0.500. The molecular formula is C14H23ClN2O. The zero-order valence-electron chi connectivity index (χ0n) is 11.6. The molecule has 3 nitrogen and oxygen atoms in total. The standard InChI is InChI=1S/C14H22N2O.ClH/c1-11(2)12-5-7-13(8-6-12)16(4)14(17)9-10-15-3;/h5-8,11,15H,9-10H2,1-4H3;1H. The van der Waals surface area contributed by atoms with Crippen molar-refractivity contribution in [1.82, 2.24) is 5.32 Å². The van der Waals surface area contributed by atoms with Gasteiger partial charge in [0.2, 0.25) is 5.91 Å². The smallest absolute Gasteiger partial charge is 0.227 e. The largest absolute Gasteiger partial charge is 0.319 e. The van der Waals surface area contributed by atoms with Crippen LogP contribution in [-0.2, 0) is 4.79 Å². The Morgan fingerprint density at radius 3 is 2.28 bits per heavy atom. The lowest BCUT2D eigenvalue weighted by Gasteiger charge is -2.18. The first kappa shape index (κ1) is 16.9. The number of hydrogen-bond donors (Lipinski definition) is 1. The van der Waals surface area contributed by atoms with Gasteiger partial charge in [0.25, 0.3) is 0 Å². The van der Waals surface area contributed by atoms with Crippen LogP contribution in [0.15, 0.2) is 24.3 Å². The van der Waals surface area contributed by atoms with Crippen LogP contribution in [0, 0.1) is 0 Å². The van der Waals surface area contributed by atoms with Crippen molar-refractivity contribution in [1.29, 1.82) is 0 Å². The molecule has 0 heterocycles. The van der Waals surface area contributed by atoms with Crippen molar-refractivity contribution >= 4 is 24.0 Å². The predicted molar refractivity (Wildman–Crippen MR) is 79.7 cm³/mol. The second-order valence-corrected chi connectivity index (χ2v) is 4.55. The molecule has 0 aromatic heterocycles. The number of anilines is 1. The Morgan fingerprint density at radius 2 is 1.83 bits per heavy atom. The molecule has 1 rings (SSSR count). The molecule has 0 atom stereocenters. The van der Waals surface area contributed by atoms with E-state index >= 15 is 0 Å². The van der Waals surface area contributed by atoms with Crippen molar-refractivity contribution in [3.63, 3.8) is 0 Å². The number of nitrogens with one attached hydrogen (secondary N) is 1. The normalized spacial score (nSPS) is 10.1. The highest BCUT2D eigenvalue weighted by Gasteiger charge is 2.10. The highest BCUT2D eigenvalue weighted by Crippen LogP contribution is 2.19. The molecule has 0 saturated carbocycles. The van der Waals surface area contributed by atoms with Crippen LogP contribution in [-0.4, -0.2) is 26.5 Å². The number of halogens is 1. The van der Waals surface area contributed by atoms with E-state index in [1.165, 1.54) is 5.56 Å². The van der Waals surface area contributed by atoms with Gasteiger partial charge in [-0.25, -0.2) is 0 Å². The van der Waals surface area contributed by atoms with Crippen LogP contribution in [0.5, 0.6) is 0 Å². The Labute approximate surface area is 116 Å². The summed E-state index contributed by atoms with van der Waals surface area (Å²) in [5.74, 6) is 0.658. The van der Waals surface area contributed by atoms with Gasteiger partial charge in [0.15, 0.2) is 0 Å². The summed E-state index contributed by atoms with van der Waals surface area (Å²) in [4.78, 5) is 13.5. The molecule has 1 amide bonds. The molecule has 1 aromatic rings. The Morgan fingerprint density at radius 1 is 1.28 bits per heavy atom. The van der Waals surface area contributed by atoms with Crippen molar-refractivity contribution in [3.05, 3.63) is 29.8 Å². The van der Waals surface area contributed by atoms with Gasteiger partial charge >= 0.3 is 0 Å². The van der Waals surface area contributed by atoms with E-state index in [1.807, 2.05) is 26.2 Å². The molecule has 1 N–H and O–H groups in total. The highest BCUT2D eigenvalue weighted by molar-refractivity contribution is 5.92. The number of amides is 1. The first-order chi connectivity index (χ1) is 8.06. The first-order valence-corrected chi connectivity index (χ1v) is 6.07. The minimum atomic E-state index is 0. The maximum Gasteiger partial charge on any atom is 0.227 e. The summed E-state index contributed by atoms with van der Waals surface area (Å²) in [6.07, 6.45) is 0.527. The maximum absolute atomic E-state index is 11.8. The molecule has 0 unspecified atom stereocenters. The van der Waals surface area contributed by atoms with Gasteiger partial charge in [0.1, 0.15) is 0 Å². The van der Waals surface area contributed by atoms with E-state index in [4.69, 9.17) is 0 Å². The molecule has 102 valence electrons. The summed E-state index contributed by atoms with van der Waals surface area (Å²) >= 11 is 0. The number of carbonyl (C=O) groups excluding carboxylic acids is 1. The highest BCUT2D eigenvalue weighted by atomic mass is 35.5. The minimum absolute atomic E-state index is 0. The first-order valence-electron chi connectivity index (χ1n) is 6.07. The van der Waals surface area contributed by atoms with Crippen molar-refractivity contribution in [2.75, 3.05) is 25.5 Å². The Hall–Kier alpha value is -1.06. The summed E-state index contributed by atoms with van der Waals surface area (Å²) in [6.45, 7) is 5.04. The molecule has 0 aliphatic carbocycles. The number of rotatable bonds is 5. The van der Waals surface area contributed by atoms with E-state index in [1.54, 1.807) is 4.90 Å². The lowest BCUT2D eigenvalue weighted by atomic mass is 10.0. The monoisotopic (exact) mass is 270 g/mol. The van der Waals surface area contributed by atoms with E-state index in [-0.39, 0.29) is 18.3 Å². The van der Waals surface area contributed by atoms with Gasteiger partial charge in [-0.3, -0.25) is 4.79 Å². The van der Waals surface area contributed by atoms with E-state index < -0.39 is 0 Å². The molecule has 0 aliphatic rings. The van der Waals surface area contributed by atoms with Gasteiger partial charge in [0, 0.05) is 25.7 Å². The third kappa shape index (κ3) is 4.67. The van der Waals surface area contributed by atoms with Crippen LogP contribution in [0.3, 0.4) is 0 Å². The molecule has 1 aromatic carbocycles. The number of nitrogens with zero attached hydrogens (tertiary/aromatic N) is 1. The molecule has 0 bridgehead atoms. The van der Waals surface area contributed by atoms with E-state index in [0.717, 1.165) is 5.69 Å². The van der Waals surface area contributed by atoms with Gasteiger partial charge in [-0.15, -0.1) is 12.4 Å². The van der Waals surface area contributed by atoms with Crippen LogP contribution >= 0.6 is 12.4 Å². The molecule has 0 fully saturated rings. The fourth-order valence-electron chi connectivity index (χ4n) is 1.63. The number of hydrogen-bond acceptors (Lipinski definition) is 2. The van der Waals surface area contributed by atoms with Gasteiger partial charge in [-0.05, 0) is 30.7 Å². The Bertz CT molecular complexity index is 363. The van der Waals surface area contributed by atoms with E-state index in [2.05, 4.69) is 31.3 Å². The van der Waals surface area contributed by atoms with Crippen LogP contribution in [0.25, 0.3) is 0 Å². The Balaban J connectivity index is 0.00000289. The third-order valence-corrected chi connectivity index (χ3v) is 2.91. The minimum Gasteiger partial charge on any atom is -0.319 e. The summed E-state index contributed by atoms with van der Waals surface area (Å²) in [7, 11) is 3.67. The molecular weight excluding hydrogens is 248 g/mol. The second-order valence-electron chi connectivity index (χ2n) is 4.55. The maximum atomic E-state index is 11.8. The van der Waals surface area contributed by atoms with Crippen molar-refractivity contribution in [2.45, 2.75) is 26.2 Å². The summed E-state index contributed by atoms with van der Waals surface area (Å²) in [6, 6.07) is 8.18. The predicted octanol–water partition coefficient (Wildman–Crippen LogP) is 2.80. The number of carbonyl (C=O) groups is 1. The summed E-state index contributed by atoms with van der Waals surface area (Å²) in [5.41, 5.74) is 2.25. The zero-order chi connectivity index (χ0) is 12.8. The Kier molecular flexibility index (Phi) is 7.64. The lowest BCUT2D eigenvalue weighted by Crippen LogP contribution is -2.28. The van der Waals surface area contributed by atoms with Gasteiger partial charge in [-0.1, -0.05) is 26.0 Å². The molecule has 4 heteroatoms. The molecule has 0 aliphatic heterocycles. The van der Waals surface area contributed by atoms with Crippen LogP contribution < -0.4 is 10.2 Å². The summed E-state index contributed by atoms with van der Waals surface area (Å²) < 4.78 is 0. The molecule has 0 radical (unpaired) electrons. The average molecular weight is 271 g/mol. The topological polar surface area (TPSA) is 32.3 Å². The van der Waals surface area contributed by atoms with Crippen LogP contribution in [0.2, 0.25) is 0 Å². The zero-order valence-corrected chi connectivity index (χ0v) is 12.4.